The normalized spacial score (nSPS) is 18.4. The van der Waals surface area contributed by atoms with Gasteiger partial charge in [0.15, 0.2) is 0 Å². The van der Waals surface area contributed by atoms with Gasteiger partial charge >= 0.3 is 5.97 Å². The Labute approximate surface area is 124 Å². The summed E-state index contributed by atoms with van der Waals surface area (Å²) in [7, 11) is 0. The maximum atomic E-state index is 12.6. The zero-order chi connectivity index (χ0) is 15.4. The first kappa shape index (κ1) is 15.3. The summed E-state index contributed by atoms with van der Waals surface area (Å²) in [5, 5.41) is 0. The second-order valence-corrected chi connectivity index (χ2v) is 5.24. The van der Waals surface area contributed by atoms with Gasteiger partial charge in [0.1, 0.15) is 0 Å². The fourth-order valence-electron chi connectivity index (χ4n) is 2.55. The first-order valence-electron chi connectivity index (χ1n) is 7.21. The van der Waals surface area contributed by atoms with Crippen LogP contribution in [0.15, 0.2) is 12.3 Å². The van der Waals surface area contributed by atoms with E-state index in [2.05, 4.69) is 4.98 Å². The zero-order valence-electron chi connectivity index (χ0n) is 12.5. The topological polar surface area (TPSA) is 85.5 Å². The van der Waals surface area contributed by atoms with Crippen molar-refractivity contribution in [2.24, 2.45) is 5.92 Å². The van der Waals surface area contributed by atoms with Gasteiger partial charge in [0.05, 0.1) is 35.7 Å². The summed E-state index contributed by atoms with van der Waals surface area (Å²) in [5.41, 5.74) is 7.31. The van der Waals surface area contributed by atoms with Crippen LogP contribution in [0.3, 0.4) is 0 Å². The van der Waals surface area contributed by atoms with Crippen LogP contribution < -0.4 is 5.73 Å². The molecule has 1 unspecified atom stereocenters. The number of anilines is 1. The highest BCUT2D eigenvalue weighted by Crippen LogP contribution is 2.21. The van der Waals surface area contributed by atoms with Gasteiger partial charge in [-0.25, -0.2) is 0 Å². The molecule has 0 saturated carbocycles. The fraction of sp³-hybridized carbons (Fsp3) is 0.533. The highest BCUT2D eigenvalue weighted by molar-refractivity contribution is 5.96. The molecule has 6 nitrogen and oxygen atoms in total. The number of hydrogen-bond acceptors (Lipinski definition) is 5. The lowest BCUT2D eigenvalue weighted by Crippen LogP contribution is -2.43. The van der Waals surface area contributed by atoms with Crippen LogP contribution in [0.2, 0.25) is 0 Å². The quantitative estimate of drug-likeness (QED) is 0.850. The Balaban J connectivity index is 2.12. The smallest absolute Gasteiger partial charge is 0.310 e. The van der Waals surface area contributed by atoms with Crippen LogP contribution in [-0.2, 0) is 9.53 Å². The van der Waals surface area contributed by atoms with Crippen molar-refractivity contribution in [2.75, 3.05) is 25.4 Å². The van der Waals surface area contributed by atoms with Gasteiger partial charge in [-0.15, -0.1) is 0 Å². The van der Waals surface area contributed by atoms with E-state index in [4.69, 9.17) is 10.5 Å². The maximum Gasteiger partial charge on any atom is 0.310 e. The number of nitrogens with two attached hydrogens (primary N) is 1. The van der Waals surface area contributed by atoms with Crippen molar-refractivity contribution in [3.63, 3.8) is 0 Å². The minimum absolute atomic E-state index is 0.124. The molecule has 1 aromatic heterocycles. The minimum Gasteiger partial charge on any atom is -0.466 e. The molecule has 1 aliphatic heterocycles. The number of nitrogen functional groups attached to an aromatic ring is 1. The van der Waals surface area contributed by atoms with Crippen molar-refractivity contribution in [3.8, 4) is 0 Å². The molecule has 1 aromatic rings. The van der Waals surface area contributed by atoms with Crippen LogP contribution >= 0.6 is 0 Å². The van der Waals surface area contributed by atoms with Crippen molar-refractivity contribution in [3.05, 3.63) is 23.5 Å². The number of nitrogens with zero attached hydrogens (tertiary/aromatic N) is 2. The SMILES string of the molecule is CCOC(=O)C1CCCN(C(=O)c2cc(N)cnc2C)C1. The molecule has 2 N–H and O–H groups in total. The van der Waals surface area contributed by atoms with E-state index in [1.807, 2.05) is 0 Å². The number of carbonyl (C=O) groups excluding carboxylic acids is 2. The molecular formula is C15H21N3O3. The molecule has 1 saturated heterocycles. The first-order chi connectivity index (χ1) is 10.0. The van der Waals surface area contributed by atoms with Crippen molar-refractivity contribution >= 4 is 17.6 Å². The Morgan fingerprint density at radius 1 is 1.52 bits per heavy atom. The van der Waals surface area contributed by atoms with Gasteiger partial charge in [-0.2, -0.15) is 0 Å². The van der Waals surface area contributed by atoms with E-state index < -0.39 is 0 Å². The van der Waals surface area contributed by atoms with Gasteiger partial charge in [-0.3, -0.25) is 14.6 Å². The van der Waals surface area contributed by atoms with Gasteiger partial charge in [0.2, 0.25) is 0 Å². The van der Waals surface area contributed by atoms with E-state index >= 15 is 0 Å². The van der Waals surface area contributed by atoms with E-state index in [-0.39, 0.29) is 17.8 Å². The third-order valence-corrected chi connectivity index (χ3v) is 3.67. The summed E-state index contributed by atoms with van der Waals surface area (Å²) < 4.78 is 5.05. The summed E-state index contributed by atoms with van der Waals surface area (Å²) in [6.07, 6.45) is 3.09. The van der Waals surface area contributed by atoms with E-state index in [1.165, 1.54) is 6.20 Å². The number of ether oxygens (including phenoxy) is 1. The molecule has 1 amide bonds. The van der Waals surface area contributed by atoms with Crippen molar-refractivity contribution in [1.29, 1.82) is 0 Å². The van der Waals surface area contributed by atoms with Crippen LogP contribution in [0.4, 0.5) is 5.69 Å². The Kier molecular flexibility index (Phi) is 4.77. The Morgan fingerprint density at radius 2 is 2.29 bits per heavy atom. The van der Waals surface area contributed by atoms with Crippen molar-refractivity contribution in [2.45, 2.75) is 26.7 Å². The number of hydrogen-bond donors (Lipinski definition) is 1. The molecule has 6 heteroatoms. The molecule has 0 spiro atoms. The number of esters is 1. The number of carbonyl (C=O) groups is 2. The molecule has 21 heavy (non-hydrogen) atoms. The average molecular weight is 291 g/mol. The molecule has 0 bridgehead atoms. The molecule has 2 rings (SSSR count). The van der Waals surface area contributed by atoms with Gasteiger partial charge in [0, 0.05) is 13.1 Å². The predicted octanol–water partition coefficient (Wildman–Crippen LogP) is 1.39. The molecule has 0 aromatic carbocycles. The van der Waals surface area contributed by atoms with Crippen molar-refractivity contribution < 1.29 is 14.3 Å². The third-order valence-electron chi connectivity index (χ3n) is 3.67. The fourth-order valence-corrected chi connectivity index (χ4v) is 2.55. The van der Waals surface area contributed by atoms with Gasteiger partial charge < -0.3 is 15.4 Å². The summed E-state index contributed by atoms with van der Waals surface area (Å²) >= 11 is 0. The lowest BCUT2D eigenvalue weighted by molar-refractivity contribution is -0.149. The van der Waals surface area contributed by atoms with Gasteiger partial charge in [0.25, 0.3) is 5.91 Å². The van der Waals surface area contributed by atoms with Gasteiger partial charge in [-0.1, -0.05) is 0 Å². The Morgan fingerprint density at radius 3 is 3.00 bits per heavy atom. The third kappa shape index (κ3) is 3.51. The summed E-state index contributed by atoms with van der Waals surface area (Å²) in [6, 6.07) is 1.64. The number of amides is 1. The Hall–Kier alpha value is -2.11. The second kappa shape index (κ2) is 6.56. The number of piperidine rings is 1. The van der Waals surface area contributed by atoms with Crippen LogP contribution in [0.5, 0.6) is 0 Å². The highest BCUT2D eigenvalue weighted by Gasteiger charge is 2.30. The molecule has 1 aliphatic rings. The van der Waals surface area contributed by atoms with Crippen LogP contribution in [0.25, 0.3) is 0 Å². The molecule has 114 valence electrons. The zero-order valence-corrected chi connectivity index (χ0v) is 12.5. The summed E-state index contributed by atoms with van der Waals surface area (Å²) in [6.45, 7) is 4.96. The summed E-state index contributed by atoms with van der Waals surface area (Å²) in [5.74, 6) is -0.587. The highest BCUT2D eigenvalue weighted by atomic mass is 16.5. The lowest BCUT2D eigenvalue weighted by atomic mass is 9.97. The van der Waals surface area contributed by atoms with E-state index in [0.717, 1.165) is 12.8 Å². The standard InChI is InChI=1S/C15H21N3O3/c1-3-21-15(20)11-5-4-6-18(9-11)14(19)13-7-12(16)8-17-10(13)2/h7-8,11H,3-6,9,16H2,1-2H3. The van der Waals surface area contributed by atoms with Crippen LogP contribution in [-0.4, -0.2) is 41.5 Å². The monoisotopic (exact) mass is 291 g/mol. The number of likely N-dealkylation sites (tertiary alicyclic amines) is 1. The predicted molar refractivity (Wildman–Crippen MR) is 78.6 cm³/mol. The molecule has 1 atom stereocenters. The van der Waals surface area contributed by atoms with Crippen LogP contribution in [0, 0.1) is 12.8 Å². The molecule has 0 aliphatic carbocycles. The number of aromatic nitrogens is 1. The first-order valence-corrected chi connectivity index (χ1v) is 7.21. The largest absolute Gasteiger partial charge is 0.466 e. The van der Waals surface area contributed by atoms with Crippen LogP contribution in [0.1, 0.15) is 35.8 Å². The molecule has 0 radical (unpaired) electrons. The van der Waals surface area contributed by atoms with Crippen molar-refractivity contribution in [1.82, 2.24) is 9.88 Å². The molecular weight excluding hydrogens is 270 g/mol. The van der Waals surface area contributed by atoms with E-state index in [9.17, 15) is 9.59 Å². The lowest BCUT2D eigenvalue weighted by Gasteiger charge is -2.31. The van der Waals surface area contributed by atoms with E-state index in [0.29, 0.717) is 36.6 Å². The number of aryl methyl sites for hydroxylation is 1. The maximum absolute atomic E-state index is 12.6. The number of pyridine rings is 1. The van der Waals surface area contributed by atoms with E-state index in [1.54, 1.807) is 24.8 Å². The Bertz CT molecular complexity index is 545. The average Bonchev–Trinajstić information content (AvgIpc) is 2.49. The molecule has 1 fully saturated rings. The minimum atomic E-state index is -0.239. The summed E-state index contributed by atoms with van der Waals surface area (Å²) in [4.78, 5) is 30.2. The second-order valence-electron chi connectivity index (χ2n) is 5.24. The number of rotatable bonds is 3. The molecule has 2 heterocycles. The van der Waals surface area contributed by atoms with Gasteiger partial charge in [-0.05, 0) is 32.8 Å².